The van der Waals surface area contributed by atoms with Gasteiger partial charge in [-0.25, -0.2) is 0 Å². The summed E-state index contributed by atoms with van der Waals surface area (Å²) in [5.41, 5.74) is -0.384. The fourth-order valence-corrected chi connectivity index (χ4v) is 4.17. The molecule has 5 aromatic rings. The second kappa shape index (κ2) is 9.16. The summed E-state index contributed by atoms with van der Waals surface area (Å²) in [5.74, 6) is -1.17. The molecule has 5 rings (SSSR count). The Bertz CT molecular complexity index is 1560. The topological polar surface area (TPSA) is 70.2 Å². The first-order valence-corrected chi connectivity index (χ1v) is 11.1. The van der Waals surface area contributed by atoms with E-state index < -0.39 is 29.0 Å². The number of carbonyl (C=O) groups is 1. The van der Waals surface area contributed by atoms with Crippen molar-refractivity contribution in [3.05, 3.63) is 100 Å². The Morgan fingerprint density at radius 2 is 1.78 bits per heavy atom. The monoisotopic (exact) mass is 511 g/mol. The first-order valence-electron chi connectivity index (χ1n) is 10.7. The van der Waals surface area contributed by atoms with Gasteiger partial charge in [0.05, 0.1) is 12.7 Å². The number of ketones is 1. The van der Waals surface area contributed by atoms with Gasteiger partial charge in [-0.3, -0.25) is 4.79 Å². The summed E-state index contributed by atoms with van der Waals surface area (Å²) in [6, 6.07) is 19.5. The van der Waals surface area contributed by atoms with Crippen LogP contribution >= 0.6 is 11.6 Å². The van der Waals surface area contributed by atoms with Crippen LogP contribution in [0.15, 0.2) is 77.3 Å². The van der Waals surface area contributed by atoms with E-state index in [-0.39, 0.29) is 23.3 Å². The van der Waals surface area contributed by atoms with Crippen LogP contribution in [0.3, 0.4) is 0 Å². The summed E-state index contributed by atoms with van der Waals surface area (Å²) >= 11 is 5.94. The third-order valence-electron chi connectivity index (χ3n) is 5.67. The van der Waals surface area contributed by atoms with E-state index in [0.29, 0.717) is 21.9 Å². The van der Waals surface area contributed by atoms with E-state index in [1.54, 1.807) is 54.6 Å². The SMILES string of the molecule is COc1ccc2c(c1)c(C(=O)c1noc(-c3ccccc3)n1)c(C(F)(F)F)n2Cc1ccc(Cl)cc1. The zero-order valence-electron chi connectivity index (χ0n) is 18.7. The van der Waals surface area contributed by atoms with Crippen molar-refractivity contribution in [3.63, 3.8) is 0 Å². The number of aromatic nitrogens is 3. The van der Waals surface area contributed by atoms with Gasteiger partial charge >= 0.3 is 6.18 Å². The Labute approximate surface area is 207 Å². The minimum absolute atomic E-state index is 0.0231. The van der Waals surface area contributed by atoms with Crippen LogP contribution in [0, 0.1) is 0 Å². The van der Waals surface area contributed by atoms with Crippen LogP contribution in [0.1, 0.15) is 27.4 Å². The van der Waals surface area contributed by atoms with Crippen molar-refractivity contribution in [2.24, 2.45) is 0 Å². The summed E-state index contributed by atoms with van der Waals surface area (Å²) in [6.07, 6.45) is -4.87. The lowest BCUT2D eigenvalue weighted by atomic mass is 10.0. The van der Waals surface area contributed by atoms with Gasteiger partial charge in [-0.15, -0.1) is 0 Å². The molecular weight excluding hydrogens is 495 g/mol. The zero-order valence-corrected chi connectivity index (χ0v) is 19.5. The van der Waals surface area contributed by atoms with E-state index >= 15 is 0 Å². The van der Waals surface area contributed by atoms with Crippen molar-refractivity contribution >= 4 is 28.3 Å². The van der Waals surface area contributed by atoms with Gasteiger partial charge in [0, 0.05) is 28.0 Å². The van der Waals surface area contributed by atoms with Crippen molar-refractivity contribution in [3.8, 4) is 17.2 Å². The normalized spacial score (nSPS) is 11.7. The minimum atomic E-state index is -4.87. The van der Waals surface area contributed by atoms with Gasteiger partial charge in [0.1, 0.15) is 11.4 Å². The number of nitrogens with zero attached hydrogens (tertiary/aromatic N) is 3. The number of halogens is 4. The largest absolute Gasteiger partial charge is 0.497 e. The molecule has 0 N–H and O–H groups in total. The minimum Gasteiger partial charge on any atom is -0.497 e. The van der Waals surface area contributed by atoms with E-state index in [0.717, 1.165) is 4.57 Å². The first kappa shape index (κ1) is 23.6. The van der Waals surface area contributed by atoms with E-state index in [1.807, 2.05) is 0 Å². The van der Waals surface area contributed by atoms with E-state index in [2.05, 4.69) is 10.1 Å². The fourth-order valence-electron chi connectivity index (χ4n) is 4.05. The lowest BCUT2D eigenvalue weighted by Crippen LogP contribution is -2.19. The molecule has 0 spiro atoms. The molecule has 0 unspecified atom stereocenters. The molecule has 0 aliphatic carbocycles. The van der Waals surface area contributed by atoms with Gasteiger partial charge in [-0.05, 0) is 48.0 Å². The number of fused-ring (bicyclic) bond motifs is 1. The van der Waals surface area contributed by atoms with Crippen LogP contribution < -0.4 is 4.74 Å². The summed E-state index contributed by atoms with van der Waals surface area (Å²) in [4.78, 5) is 17.6. The van der Waals surface area contributed by atoms with Crippen molar-refractivity contribution in [1.29, 1.82) is 0 Å². The maximum atomic E-state index is 14.6. The van der Waals surface area contributed by atoms with Crippen LogP contribution in [0.5, 0.6) is 5.75 Å². The molecule has 2 heterocycles. The lowest BCUT2D eigenvalue weighted by molar-refractivity contribution is -0.143. The van der Waals surface area contributed by atoms with Gasteiger partial charge < -0.3 is 13.8 Å². The highest BCUT2D eigenvalue weighted by molar-refractivity contribution is 6.30. The Morgan fingerprint density at radius 3 is 2.44 bits per heavy atom. The lowest BCUT2D eigenvalue weighted by Gasteiger charge is -2.14. The van der Waals surface area contributed by atoms with Gasteiger partial charge in [0.25, 0.3) is 5.89 Å². The summed E-state index contributed by atoms with van der Waals surface area (Å²) in [5, 5.41) is 4.21. The molecule has 3 aromatic carbocycles. The van der Waals surface area contributed by atoms with Gasteiger partial charge in [-0.1, -0.05) is 47.1 Å². The standard InChI is InChI=1S/C26H17ClF3N3O3/c1-35-18-11-12-20-19(13-18)21(22(34)24-31-25(36-32-24)16-5-3-2-4-6-16)23(26(28,29)30)33(20)14-15-7-9-17(27)10-8-15/h2-13H,14H2,1H3. The molecule has 2 aromatic heterocycles. The van der Waals surface area contributed by atoms with Crippen molar-refractivity contribution in [1.82, 2.24) is 14.7 Å². The molecule has 0 fully saturated rings. The fraction of sp³-hybridized carbons (Fsp3) is 0.115. The van der Waals surface area contributed by atoms with Gasteiger partial charge in [-0.2, -0.15) is 18.2 Å². The maximum absolute atomic E-state index is 14.6. The second-order valence-electron chi connectivity index (χ2n) is 7.94. The summed E-state index contributed by atoms with van der Waals surface area (Å²) < 4.78 is 55.1. The van der Waals surface area contributed by atoms with E-state index in [1.165, 1.54) is 25.3 Å². The van der Waals surface area contributed by atoms with Crippen molar-refractivity contribution < 1.29 is 27.2 Å². The number of ether oxygens (including phenoxy) is 1. The molecule has 0 amide bonds. The van der Waals surface area contributed by atoms with Crippen molar-refractivity contribution in [2.45, 2.75) is 12.7 Å². The molecular formula is C26H17ClF3N3O3. The molecule has 0 atom stereocenters. The zero-order chi connectivity index (χ0) is 25.4. The average Bonchev–Trinajstić information content (AvgIpc) is 3.49. The van der Waals surface area contributed by atoms with Gasteiger partial charge in [0.2, 0.25) is 11.6 Å². The van der Waals surface area contributed by atoms with Crippen molar-refractivity contribution in [2.75, 3.05) is 7.11 Å². The van der Waals surface area contributed by atoms with Crippen LogP contribution in [0.2, 0.25) is 5.02 Å². The van der Waals surface area contributed by atoms with Crippen LogP contribution in [-0.2, 0) is 12.7 Å². The smallest absolute Gasteiger partial charge is 0.432 e. The number of hydrogen-bond donors (Lipinski definition) is 0. The molecule has 0 saturated heterocycles. The van der Waals surface area contributed by atoms with E-state index in [9.17, 15) is 18.0 Å². The average molecular weight is 512 g/mol. The third kappa shape index (κ3) is 4.33. The highest BCUT2D eigenvalue weighted by atomic mass is 35.5. The van der Waals surface area contributed by atoms with Crippen LogP contribution in [0.25, 0.3) is 22.4 Å². The molecule has 10 heteroatoms. The number of hydrogen-bond acceptors (Lipinski definition) is 5. The molecule has 0 bridgehead atoms. The second-order valence-corrected chi connectivity index (χ2v) is 8.37. The van der Waals surface area contributed by atoms with Gasteiger partial charge in [0.15, 0.2) is 0 Å². The molecule has 0 saturated carbocycles. The maximum Gasteiger partial charge on any atom is 0.432 e. The Kier molecular flexibility index (Phi) is 6.01. The highest BCUT2D eigenvalue weighted by Gasteiger charge is 2.42. The molecule has 0 aliphatic heterocycles. The number of alkyl halides is 3. The molecule has 36 heavy (non-hydrogen) atoms. The molecule has 0 aliphatic rings. The Balaban J connectivity index is 1.71. The molecule has 182 valence electrons. The number of benzene rings is 3. The number of methoxy groups -OCH3 is 1. The van der Waals surface area contributed by atoms with E-state index in [4.69, 9.17) is 20.9 Å². The van der Waals surface area contributed by atoms with Crippen LogP contribution in [-0.4, -0.2) is 27.6 Å². The Hall–Kier alpha value is -4.11. The first-order chi connectivity index (χ1) is 17.3. The third-order valence-corrected chi connectivity index (χ3v) is 5.92. The predicted octanol–water partition coefficient (Wildman–Crippen LogP) is 6.65. The summed E-state index contributed by atoms with van der Waals surface area (Å²) in [7, 11) is 1.39. The molecule has 0 radical (unpaired) electrons. The molecule has 6 nitrogen and oxygen atoms in total. The van der Waals surface area contributed by atoms with Crippen LogP contribution in [0.4, 0.5) is 13.2 Å². The summed E-state index contributed by atoms with van der Waals surface area (Å²) in [6.45, 7) is -0.149. The number of carbonyl (C=O) groups excluding carboxylic acids is 1. The highest BCUT2D eigenvalue weighted by Crippen LogP contribution is 2.41. The quantitative estimate of drug-likeness (QED) is 0.239. The Morgan fingerprint density at radius 1 is 1.06 bits per heavy atom. The predicted molar refractivity (Wildman–Crippen MR) is 127 cm³/mol. The number of rotatable bonds is 6.